The first-order chi connectivity index (χ1) is 15.0. The van der Waals surface area contributed by atoms with Crippen molar-refractivity contribution in [2.24, 2.45) is 0 Å². The van der Waals surface area contributed by atoms with Gasteiger partial charge in [0.25, 0.3) is 5.91 Å². The predicted octanol–water partition coefficient (Wildman–Crippen LogP) is 3.81. The lowest BCUT2D eigenvalue weighted by Gasteiger charge is -2.27. The Bertz CT molecular complexity index is 1070. The number of amides is 1. The zero-order valence-corrected chi connectivity index (χ0v) is 19.7. The lowest BCUT2D eigenvalue weighted by atomic mass is 10.1. The Kier molecular flexibility index (Phi) is 6.69. The van der Waals surface area contributed by atoms with E-state index < -0.39 is 0 Å². The fourth-order valence-corrected chi connectivity index (χ4v) is 5.01. The molecule has 0 N–H and O–H groups in total. The molecular formula is C23H31N5O2S. The minimum Gasteiger partial charge on any atom is -0.379 e. The third-order valence-electron chi connectivity index (χ3n) is 6.01. The van der Waals surface area contributed by atoms with E-state index in [0.29, 0.717) is 12.2 Å². The van der Waals surface area contributed by atoms with Gasteiger partial charge in [-0.15, -0.1) is 0 Å². The Hall–Kier alpha value is -2.29. The van der Waals surface area contributed by atoms with Gasteiger partial charge >= 0.3 is 0 Å². The number of thiazole rings is 1. The van der Waals surface area contributed by atoms with Crippen LogP contribution in [0.2, 0.25) is 0 Å². The van der Waals surface area contributed by atoms with Crippen molar-refractivity contribution in [2.45, 2.75) is 40.7 Å². The monoisotopic (exact) mass is 441 g/mol. The van der Waals surface area contributed by atoms with Crippen LogP contribution in [-0.4, -0.2) is 65.0 Å². The molecule has 1 amide bonds. The molecule has 0 saturated carbocycles. The summed E-state index contributed by atoms with van der Waals surface area (Å²) in [7, 11) is 0. The molecule has 0 unspecified atom stereocenters. The molecule has 0 bridgehead atoms. The summed E-state index contributed by atoms with van der Waals surface area (Å²) >= 11 is 1.58. The number of nitrogens with zero attached hydrogens (tertiary/aromatic N) is 5. The van der Waals surface area contributed by atoms with Gasteiger partial charge in [0.2, 0.25) is 0 Å². The van der Waals surface area contributed by atoms with E-state index in [9.17, 15) is 4.79 Å². The number of hydrogen-bond acceptors (Lipinski definition) is 6. The first-order valence-corrected chi connectivity index (χ1v) is 11.8. The molecule has 0 aliphatic carbocycles. The van der Waals surface area contributed by atoms with E-state index in [2.05, 4.69) is 36.0 Å². The average molecular weight is 442 g/mol. The Morgan fingerprint density at radius 2 is 2.00 bits per heavy atom. The van der Waals surface area contributed by atoms with Gasteiger partial charge < -0.3 is 4.74 Å². The van der Waals surface area contributed by atoms with Gasteiger partial charge in [0, 0.05) is 38.4 Å². The molecule has 4 rings (SSSR count). The topological polar surface area (TPSA) is 63.5 Å². The van der Waals surface area contributed by atoms with Crippen LogP contribution in [0, 0.1) is 20.8 Å². The van der Waals surface area contributed by atoms with Gasteiger partial charge in [-0.05, 0) is 57.4 Å². The molecule has 1 aliphatic heterocycles. The highest BCUT2D eigenvalue weighted by Gasteiger charge is 2.25. The fraction of sp³-hybridized carbons (Fsp3) is 0.522. The Balaban J connectivity index is 1.61. The largest absolute Gasteiger partial charge is 0.379 e. The number of morpholine rings is 1. The van der Waals surface area contributed by atoms with Crippen molar-refractivity contribution in [1.82, 2.24) is 19.7 Å². The summed E-state index contributed by atoms with van der Waals surface area (Å²) in [5, 5.41) is 5.28. The van der Waals surface area contributed by atoms with E-state index in [1.165, 1.54) is 11.1 Å². The number of benzene rings is 1. The van der Waals surface area contributed by atoms with E-state index >= 15 is 0 Å². The van der Waals surface area contributed by atoms with Crippen LogP contribution in [0.4, 0.5) is 5.13 Å². The van der Waals surface area contributed by atoms with Crippen LogP contribution in [0.5, 0.6) is 0 Å². The molecule has 0 atom stereocenters. The SMILES string of the molecule is CCn1nc(C(=O)N(CCCN2CCOCC2)c2nc3c(C)c(C)ccc3s2)cc1C. The first-order valence-electron chi connectivity index (χ1n) is 11.0. The van der Waals surface area contributed by atoms with Gasteiger partial charge in [-0.1, -0.05) is 17.4 Å². The van der Waals surface area contributed by atoms with E-state index in [-0.39, 0.29) is 5.91 Å². The van der Waals surface area contributed by atoms with Crippen molar-refractivity contribution in [3.63, 3.8) is 0 Å². The van der Waals surface area contributed by atoms with Gasteiger partial charge in [-0.25, -0.2) is 4.98 Å². The molecule has 0 spiro atoms. The van der Waals surface area contributed by atoms with Crippen molar-refractivity contribution < 1.29 is 9.53 Å². The number of rotatable bonds is 7. The molecule has 1 aliphatic rings. The van der Waals surface area contributed by atoms with Crippen LogP contribution in [-0.2, 0) is 11.3 Å². The number of anilines is 1. The standard InChI is InChI=1S/C23H31N5O2S/c1-5-28-17(3)15-19(25-28)22(29)27(10-6-9-26-11-13-30-14-12-26)23-24-21-18(4)16(2)7-8-20(21)31-23/h7-8,15H,5-6,9-14H2,1-4H3. The summed E-state index contributed by atoms with van der Waals surface area (Å²) in [6.07, 6.45) is 0.882. The lowest BCUT2D eigenvalue weighted by Crippen LogP contribution is -2.39. The van der Waals surface area contributed by atoms with Crippen molar-refractivity contribution in [2.75, 3.05) is 44.3 Å². The summed E-state index contributed by atoms with van der Waals surface area (Å²) in [5.41, 5.74) is 4.85. The number of carbonyl (C=O) groups excluding carboxylic acids is 1. The van der Waals surface area contributed by atoms with E-state index in [4.69, 9.17) is 9.72 Å². The third kappa shape index (κ3) is 4.66. The first kappa shape index (κ1) is 21.9. The number of carbonyl (C=O) groups is 1. The number of ether oxygens (including phenoxy) is 1. The van der Waals surface area contributed by atoms with Gasteiger partial charge in [0.1, 0.15) is 0 Å². The normalized spacial score (nSPS) is 15.0. The Labute approximate surface area is 187 Å². The summed E-state index contributed by atoms with van der Waals surface area (Å²) in [6.45, 7) is 14.0. The molecule has 1 saturated heterocycles. The molecule has 1 aromatic carbocycles. The van der Waals surface area contributed by atoms with Crippen LogP contribution in [0.15, 0.2) is 18.2 Å². The van der Waals surface area contributed by atoms with Crippen LogP contribution in [0.1, 0.15) is 40.7 Å². The number of fused-ring (bicyclic) bond motifs is 1. The molecule has 3 heterocycles. The summed E-state index contributed by atoms with van der Waals surface area (Å²) in [4.78, 5) is 22.6. The van der Waals surface area contributed by atoms with E-state index in [1.807, 2.05) is 29.5 Å². The molecule has 3 aromatic rings. The van der Waals surface area contributed by atoms with E-state index in [0.717, 1.165) is 66.9 Å². The van der Waals surface area contributed by atoms with Gasteiger partial charge in [-0.2, -0.15) is 5.10 Å². The molecule has 0 radical (unpaired) electrons. The maximum atomic E-state index is 13.5. The zero-order valence-electron chi connectivity index (χ0n) is 18.8. The molecule has 31 heavy (non-hydrogen) atoms. The second-order valence-corrected chi connectivity index (χ2v) is 9.11. The maximum Gasteiger partial charge on any atom is 0.280 e. The highest BCUT2D eigenvalue weighted by atomic mass is 32.1. The quantitative estimate of drug-likeness (QED) is 0.558. The number of aromatic nitrogens is 3. The molecular weight excluding hydrogens is 410 g/mol. The van der Waals surface area contributed by atoms with E-state index in [1.54, 1.807) is 11.3 Å². The fourth-order valence-electron chi connectivity index (χ4n) is 3.96. The van der Waals surface area contributed by atoms with Gasteiger partial charge in [-0.3, -0.25) is 19.3 Å². The minimum atomic E-state index is -0.0780. The van der Waals surface area contributed by atoms with Crippen molar-refractivity contribution in [3.05, 3.63) is 40.7 Å². The highest BCUT2D eigenvalue weighted by molar-refractivity contribution is 7.22. The predicted molar refractivity (Wildman–Crippen MR) is 125 cm³/mol. The second-order valence-electron chi connectivity index (χ2n) is 8.10. The molecule has 2 aromatic heterocycles. The molecule has 8 heteroatoms. The zero-order chi connectivity index (χ0) is 22.0. The Morgan fingerprint density at radius 3 is 2.71 bits per heavy atom. The summed E-state index contributed by atoms with van der Waals surface area (Å²) in [6, 6.07) is 6.10. The smallest absolute Gasteiger partial charge is 0.280 e. The third-order valence-corrected chi connectivity index (χ3v) is 7.05. The van der Waals surface area contributed by atoms with Crippen LogP contribution in [0.25, 0.3) is 10.2 Å². The van der Waals surface area contributed by atoms with Crippen molar-refractivity contribution >= 4 is 32.6 Å². The van der Waals surface area contributed by atoms with Crippen molar-refractivity contribution in [3.8, 4) is 0 Å². The molecule has 1 fully saturated rings. The van der Waals surface area contributed by atoms with Crippen molar-refractivity contribution in [1.29, 1.82) is 0 Å². The minimum absolute atomic E-state index is 0.0780. The lowest BCUT2D eigenvalue weighted by molar-refractivity contribution is 0.0376. The van der Waals surface area contributed by atoms with Crippen LogP contribution >= 0.6 is 11.3 Å². The van der Waals surface area contributed by atoms with Crippen LogP contribution in [0.3, 0.4) is 0 Å². The average Bonchev–Trinajstić information content (AvgIpc) is 3.38. The van der Waals surface area contributed by atoms with Gasteiger partial charge in [0.05, 0.1) is 23.4 Å². The highest BCUT2D eigenvalue weighted by Crippen LogP contribution is 2.32. The molecule has 166 valence electrons. The Morgan fingerprint density at radius 1 is 1.23 bits per heavy atom. The number of hydrogen-bond donors (Lipinski definition) is 0. The van der Waals surface area contributed by atoms with Crippen LogP contribution < -0.4 is 4.90 Å². The summed E-state index contributed by atoms with van der Waals surface area (Å²) < 4.78 is 8.42. The van der Waals surface area contributed by atoms with Gasteiger partial charge in [0.15, 0.2) is 10.8 Å². The second kappa shape index (κ2) is 9.46. The molecule has 7 nitrogen and oxygen atoms in total. The maximum absolute atomic E-state index is 13.5. The summed E-state index contributed by atoms with van der Waals surface area (Å²) in [5.74, 6) is -0.0780. The number of aryl methyl sites for hydroxylation is 4.